The zero-order valence-corrected chi connectivity index (χ0v) is 14.9. The summed E-state index contributed by atoms with van der Waals surface area (Å²) in [4.78, 5) is 10.7. The average molecular weight is 344 g/mol. The van der Waals surface area contributed by atoms with E-state index in [1.54, 1.807) is 6.92 Å². The van der Waals surface area contributed by atoms with Gasteiger partial charge in [0.1, 0.15) is 0 Å². The lowest BCUT2D eigenvalue weighted by Crippen LogP contribution is -2.15. The molecule has 0 atom stereocenters. The first-order valence-electron chi connectivity index (χ1n) is 7.87. The van der Waals surface area contributed by atoms with Crippen molar-refractivity contribution in [1.82, 2.24) is 5.32 Å². The lowest BCUT2D eigenvalue weighted by Gasteiger charge is -2.05. The summed E-state index contributed by atoms with van der Waals surface area (Å²) in [5.41, 5.74) is 0.555. The number of carboxylic acids is 1. The molecule has 1 aromatic rings. The fourth-order valence-corrected chi connectivity index (χ4v) is 2.42. The molecule has 0 aliphatic heterocycles. The van der Waals surface area contributed by atoms with Gasteiger partial charge in [0.05, 0.1) is 10.5 Å². The van der Waals surface area contributed by atoms with Gasteiger partial charge in [0.15, 0.2) is 0 Å². The number of nitrogens with two attached hydrogens (primary N) is 1. The van der Waals surface area contributed by atoms with Crippen molar-refractivity contribution in [3.8, 4) is 0 Å². The van der Waals surface area contributed by atoms with E-state index in [-0.39, 0.29) is 10.5 Å². The number of hydrogen-bond acceptors (Lipinski definition) is 4. The van der Waals surface area contributed by atoms with Crippen LogP contribution in [0, 0.1) is 0 Å². The van der Waals surface area contributed by atoms with E-state index < -0.39 is 16.0 Å². The van der Waals surface area contributed by atoms with Gasteiger partial charge < -0.3 is 10.4 Å². The van der Waals surface area contributed by atoms with E-state index in [0.29, 0.717) is 12.0 Å². The quantitative estimate of drug-likeness (QED) is 0.627. The predicted octanol–water partition coefficient (Wildman–Crippen LogP) is 2.38. The van der Waals surface area contributed by atoms with Crippen LogP contribution in [0.4, 0.5) is 0 Å². The summed E-state index contributed by atoms with van der Waals surface area (Å²) in [5.74, 6) is -1.08. The molecule has 0 unspecified atom stereocenters. The molecule has 0 aromatic heterocycles. The SMILES string of the molecule is CCCCNCCC.CCc1cc(S(N)(=O)=O)ccc1C(=O)O. The minimum Gasteiger partial charge on any atom is -0.478 e. The van der Waals surface area contributed by atoms with Gasteiger partial charge in [0.2, 0.25) is 10.0 Å². The van der Waals surface area contributed by atoms with E-state index >= 15 is 0 Å². The first-order valence-corrected chi connectivity index (χ1v) is 9.42. The molecule has 1 aromatic carbocycles. The number of aryl methyl sites for hydroxylation is 1. The monoisotopic (exact) mass is 344 g/mol. The Hall–Kier alpha value is -1.44. The first-order chi connectivity index (χ1) is 10.8. The molecule has 23 heavy (non-hydrogen) atoms. The lowest BCUT2D eigenvalue weighted by atomic mass is 10.1. The van der Waals surface area contributed by atoms with Crippen LogP contribution in [0.15, 0.2) is 23.1 Å². The number of carboxylic acid groups (broad SMARTS) is 1. The number of benzene rings is 1. The van der Waals surface area contributed by atoms with E-state index in [0.717, 1.165) is 0 Å². The van der Waals surface area contributed by atoms with Crippen LogP contribution >= 0.6 is 0 Å². The molecule has 0 saturated heterocycles. The van der Waals surface area contributed by atoms with Crippen LogP contribution in [0.25, 0.3) is 0 Å². The maximum atomic E-state index is 11.0. The summed E-state index contributed by atoms with van der Waals surface area (Å²) in [6.07, 6.45) is 4.31. The second kappa shape index (κ2) is 11.2. The average Bonchev–Trinajstić information content (AvgIpc) is 2.50. The van der Waals surface area contributed by atoms with Crippen LogP contribution in [0.2, 0.25) is 0 Å². The Kier molecular flexibility index (Phi) is 10.5. The number of aromatic carboxylic acids is 1. The Bertz CT molecular complexity index is 580. The fourth-order valence-electron chi connectivity index (χ4n) is 1.85. The number of hydrogen-bond donors (Lipinski definition) is 3. The van der Waals surface area contributed by atoms with Crippen molar-refractivity contribution < 1.29 is 18.3 Å². The molecule has 0 radical (unpaired) electrons. The second-order valence-electron chi connectivity index (χ2n) is 5.13. The van der Waals surface area contributed by atoms with Crippen molar-refractivity contribution >= 4 is 16.0 Å². The molecule has 0 bridgehead atoms. The summed E-state index contributed by atoms with van der Waals surface area (Å²) in [7, 11) is -3.77. The van der Waals surface area contributed by atoms with Crippen LogP contribution in [0.1, 0.15) is 56.0 Å². The van der Waals surface area contributed by atoms with Crippen molar-refractivity contribution in [3.63, 3.8) is 0 Å². The van der Waals surface area contributed by atoms with Crippen LogP contribution < -0.4 is 10.5 Å². The molecule has 0 fully saturated rings. The number of rotatable bonds is 8. The maximum Gasteiger partial charge on any atom is 0.335 e. The third-order valence-corrected chi connectivity index (χ3v) is 4.06. The molecule has 0 amide bonds. The van der Waals surface area contributed by atoms with Gasteiger partial charge in [-0.15, -0.1) is 0 Å². The van der Waals surface area contributed by atoms with E-state index in [4.69, 9.17) is 10.2 Å². The molecule has 132 valence electrons. The van der Waals surface area contributed by atoms with Gasteiger partial charge in [-0.1, -0.05) is 27.2 Å². The molecule has 4 N–H and O–H groups in total. The van der Waals surface area contributed by atoms with E-state index in [1.165, 1.54) is 50.6 Å². The number of nitrogens with one attached hydrogen (secondary N) is 1. The topological polar surface area (TPSA) is 109 Å². The van der Waals surface area contributed by atoms with Crippen molar-refractivity contribution in [2.24, 2.45) is 5.14 Å². The molecule has 0 heterocycles. The van der Waals surface area contributed by atoms with Gasteiger partial charge in [-0.3, -0.25) is 0 Å². The third-order valence-electron chi connectivity index (χ3n) is 3.15. The molecule has 0 aliphatic carbocycles. The zero-order chi connectivity index (χ0) is 17.9. The van der Waals surface area contributed by atoms with Crippen molar-refractivity contribution in [3.05, 3.63) is 29.3 Å². The standard InChI is InChI=1S/C9H11NO4S.C7H17N/c1-2-6-5-7(15(10,13)14)3-4-8(6)9(11)12;1-3-5-7-8-6-4-2/h3-5H,2H2,1H3,(H,11,12)(H2,10,13,14);8H,3-7H2,1-2H3. The van der Waals surface area contributed by atoms with Crippen LogP contribution in [0.5, 0.6) is 0 Å². The molecule has 0 spiro atoms. The molecule has 7 heteroatoms. The lowest BCUT2D eigenvalue weighted by molar-refractivity contribution is 0.0695. The summed E-state index contributed by atoms with van der Waals surface area (Å²) >= 11 is 0. The molecule has 1 rings (SSSR count). The predicted molar refractivity (Wildman–Crippen MR) is 92.2 cm³/mol. The van der Waals surface area contributed by atoms with Gasteiger partial charge in [0, 0.05) is 0 Å². The second-order valence-corrected chi connectivity index (χ2v) is 6.69. The van der Waals surface area contributed by atoms with E-state index in [1.807, 2.05) is 0 Å². The van der Waals surface area contributed by atoms with Crippen LogP contribution in [0.3, 0.4) is 0 Å². The zero-order valence-electron chi connectivity index (χ0n) is 14.1. The van der Waals surface area contributed by atoms with Gasteiger partial charge >= 0.3 is 5.97 Å². The molecular formula is C16H28N2O4S. The Morgan fingerprint density at radius 1 is 1.17 bits per heavy atom. The highest BCUT2D eigenvalue weighted by Gasteiger charge is 2.13. The van der Waals surface area contributed by atoms with Gasteiger partial charge in [0.25, 0.3) is 0 Å². The summed E-state index contributed by atoms with van der Waals surface area (Å²) in [6, 6.07) is 3.73. The van der Waals surface area contributed by atoms with Crippen molar-refractivity contribution in [2.75, 3.05) is 13.1 Å². The molecule has 6 nitrogen and oxygen atoms in total. The Balaban J connectivity index is 0.000000515. The Morgan fingerprint density at radius 3 is 2.26 bits per heavy atom. The minimum atomic E-state index is -3.77. The molecule has 0 saturated carbocycles. The third kappa shape index (κ3) is 8.68. The Labute approximate surface area is 139 Å². The Morgan fingerprint density at radius 2 is 1.83 bits per heavy atom. The maximum absolute atomic E-state index is 11.0. The van der Waals surface area contributed by atoms with E-state index in [2.05, 4.69) is 19.2 Å². The van der Waals surface area contributed by atoms with Gasteiger partial charge in [-0.2, -0.15) is 0 Å². The summed E-state index contributed by atoms with van der Waals surface area (Å²) in [6.45, 7) is 8.53. The number of unbranched alkanes of at least 4 members (excludes halogenated alkanes) is 1. The smallest absolute Gasteiger partial charge is 0.335 e. The highest BCUT2D eigenvalue weighted by molar-refractivity contribution is 7.89. The van der Waals surface area contributed by atoms with Crippen molar-refractivity contribution in [1.29, 1.82) is 0 Å². The first kappa shape index (κ1) is 21.6. The molecular weight excluding hydrogens is 316 g/mol. The van der Waals surface area contributed by atoms with Crippen LogP contribution in [-0.2, 0) is 16.4 Å². The van der Waals surface area contributed by atoms with Crippen LogP contribution in [-0.4, -0.2) is 32.6 Å². The molecule has 0 aliphatic rings. The highest BCUT2D eigenvalue weighted by Crippen LogP contribution is 2.15. The van der Waals surface area contributed by atoms with E-state index in [9.17, 15) is 13.2 Å². The number of carbonyl (C=O) groups is 1. The summed E-state index contributed by atoms with van der Waals surface area (Å²) < 4.78 is 22.0. The van der Waals surface area contributed by atoms with Crippen molar-refractivity contribution in [2.45, 2.75) is 51.3 Å². The summed E-state index contributed by atoms with van der Waals surface area (Å²) in [5, 5.41) is 17.1. The highest BCUT2D eigenvalue weighted by atomic mass is 32.2. The number of sulfonamides is 1. The van der Waals surface area contributed by atoms with Gasteiger partial charge in [-0.05, 0) is 56.1 Å². The largest absolute Gasteiger partial charge is 0.478 e. The van der Waals surface area contributed by atoms with Gasteiger partial charge in [-0.25, -0.2) is 18.4 Å². The fraction of sp³-hybridized carbons (Fsp3) is 0.562. The normalized spacial score (nSPS) is 10.8. The number of primary sulfonamides is 1. The minimum absolute atomic E-state index is 0.0654.